The highest BCUT2D eigenvalue weighted by molar-refractivity contribution is 5.67. The lowest BCUT2D eigenvalue weighted by molar-refractivity contribution is -0.139. The van der Waals surface area contributed by atoms with Crippen molar-refractivity contribution in [1.82, 2.24) is 0 Å². The zero-order valence-corrected chi connectivity index (χ0v) is 14.4. The van der Waals surface area contributed by atoms with Crippen molar-refractivity contribution in [3.63, 3.8) is 0 Å². The number of nitrogens with two attached hydrogens (primary N) is 1. The molecule has 0 saturated carbocycles. The third kappa shape index (κ3) is 71.1. The standard InChI is InChI=1S/C6H10O4.C4H10O3.C2H7NO.C2H6O2/c7-5(8)3-1-2-4-6(9)10;5-1-3-7-4-2-6;2*3-1-2-4/h1-4H2,(H,7,8)(H,9,10);5-6H,1-4H2;4H,1-3H2;3-4H,1-2H2. The lowest BCUT2D eigenvalue weighted by Crippen LogP contribution is -2.03. The van der Waals surface area contributed by atoms with Crippen molar-refractivity contribution < 1.29 is 50.1 Å². The van der Waals surface area contributed by atoms with Crippen LogP contribution in [0.1, 0.15) is 25.7 Å². The average molecular weight is 375 g/mol. The molecule has 25 heavy (non-hydrogen) atoms. The van der Waals surface area contributed by atoms with Crippen LogP contribution in [0.4, 0.5) is 0 Å². The number of carboxylic acid groups (broad SMARTS) is 2. The fourth-order valence-corrected chi connectivity index (χ4v) is 0.784. The molecule has 0 saturated heterocycles. The molecule has 0 aromatic carbocycles. The molecule has 0 amide bonds. The van der Waals surface area contributed by atoms with Gasteiger partial charge in [0.1, 0.15) is 0 Å². The first-order valence-electron chi connectivity index (χ1n) is 7.63. The van der Waals surface area contributed by atoms with Crippen LogP contribution >= 0.6 is 0 Å². The first-order chi connectivity index (χ1) is 11.9. The van der Waals surface area contributed by atoms with Gasteiger partial charge in [0.2, 0.25) is 0 Å². The van der Waals surface area contributed by atoms with E-state index in [0.29, 0.717) is 32.6 Å². The highest BCUT2D eigenvalue weighted by Crippen LogP contribution is 1.98. The Morgan fingerprint density at radius 2 is 1.00 bits per heavy atom. The minimum Gasteiger partial charge on any atom is -0.481 e. The molecule has 0 bridgehead atoms. The number of aliphatic carboxylic acids is 2. The van der Waals surface area contributed by atoms with E-state index < -0.39 is 11.9 Å². The number of aliphatic hydroxyl groups excluding tert-OH is 5. The van der Waals surface area contributed by atoms with Crippen LogP contribution in [-0.4, -0.2) is 100 Å². The Labute approximate surface area is 147 Å². The maximum absolute atomic E-state index is 9.90. The third-order valence-corrected chi connectivity index (χ3v) is 1.73. The second-order valence-electron chi connectivity index (χ2n) is 4.01. The van der Waals surface area contributed by atoms with Crippen molar-refractivity contribution in [2.75, 3.05) is 52.8 Å². The minimum atomic E-state index is -0.870. The summed E-state index contributed by atoms with van der Waals surface area (Å²) < 4.78 is 4.63. The highest BCUT2D eigenvalue weighted by atomic mass is 16.5. The van der Waals surface area contributed by atoms with E-state index in [0.717, 1.165) is 0 Å². The molecule has 0 unspecified atom stereocenters. The molecule has 0 aromatic heterocycles. The lowest BCUT2D eigenvalue weighted by atomic mass is 10.2. The molecule has 0 heterocycles. The molecule has 0 atom stereocenters. The molecule has 0 spiro atoms. The fraction of sp³-hybridized carbons (Fsp3) is 0.857. The number of hydrogen-bond donors (Lipinski definition) is 8. The predicted octanol–water partition coefficient (Wildman–Crippen LogP) is -2.39. The van der Waals surface area contributed by atoms with Crippen molar-refractivity contribution in [2.24, 2.45) is 5.73 Å². The van der Waals surface area contributed by atoms with Crippen LogP contribution in [0.2, 0.25) is 0 Å². The summed E-state index contributed by atoms with van der Waals surface area (Å²) in [7, 11) is 0. The number of unbranched alkanes of at least 4 members (excludes halogenated alkanes) is 1. The SMILES string of the molecule is NCCO.O=C(O)CCCCC(=O)O.OCCO.OCCOCCO. The summed E-state index contributed by atoms with van der Waals surface area (Å²) in [6.07, 6.45) is 1.02. The smallest absolute Gasteiger partial charge is 0.303 e. The summed E-state index contributed by atoms with van der Waals surface area (Å²) in [5.41, 5.74) is 4.78. The Morgan fingerprint density at radius 1 is 0.680 bits per heavy atom. The van der Waals surface area contributed by atoms with Gasteiger partial charge in [0.15, 0.2) is 0 Å². The van der Waals surface area contributed by atoms with Crippen molar-refractivity contribution in [1.29, 1.82) is 0 Å². The van der Waals surface area contributed by atoms with Crippen LogP contribution in [0.25, 0.3) is 0 Å². The van der Waals surface area contributed by atoms with E-state index in [1.807, 2.05) is 0 Å². The van der Waals surface area contributed by atoms with E-state index in [9.17, 15) is 9.59 Å². The van der Waals surface area contributed by atoms with Gasteiger partial charge in [0.25, 0.3) is 0 Å². The summed E-state index contributed by atoms with van der Waals surface area (Å²) in [6, 6.07) is 0. The minimum absolute atomic E-state index is 0.0278. The molecule has 0 radical (unpaired) electrons. The summed E-state index contributed by atoms with van der Waals surface area (Å²) >= 11 is 0. The third-order valence-electron chi connectivity index (χ3n) is 1.73. The number of carbonyl (C=O) groups is 2. The highest BCUT2D eigenvalue weighted by Gasteiger charge is 1.99. The van der Waals surface area contributed by atoms with Crippen molar-refractivity contribution in [3.8, 4) is 0 Å². The van der Waals surface area contributed by atoms with E-state index in [1.165, 1.54) is 0 Å². The average Bonchev–Trinajstić information content (AvgIpc) is 2.60. The van der Waals surface area contributed by atoms with E-state index in [4.69, 9.17) is 41.5 Å². The topological polar surface area (TPSA) is 211 Å². The second-order valence-corrected chi connectivity index (χ2v) is 4.01. The van der Waals surface area contributed by atoms with Gasteiger partial charge in [-0.25, -0.2) is 0 Å². The molecule has 0 rings (SSSR count). The molecular weight excluding hydrogens is 342 g/mol. The van der Waals surface area contributed by atoms with Crippen LogP contribution in [0, 0.1) is 0 Å². The number of rotatable bonds is 11. The van der Waals surface area contributed by atoms with Gasteiger partial charge in [-0.1, -0.05) is 0 Å². The van der Waals surface area contributed by atoms with Crippen LogP contribution in [0.5, 0.6) is 0 Å². The normalized spacial score (nSPS) is 8.72. The van der Waals surface area contributed by atoms with Gasteiger partial charge >= 0.3 is 11.9 Å². The van der Waals surface area contributed by atoms with E-state index in [1.54, 1.807) is 0 Å². The van der Waals surface area contributed by atoms with Gasteiger partial charge in [-0.15, -0.1) is 0 Å². The maximum Gasteiger partial charge on any atom is 0.303 e. The second kappa shape index (κ2) is 34.1. The number of ether oxygens (including phenoxy) is 1. The Morgan fingerprint density at radius 3 is 1.16 bits per heavy atom. The predicted molar refractivity (Wildman–Crippen MR) is 89.0 cm³/mol. The van der Waals surface area contributed by atoms with Gasteiger partial charge in [-0.05, 0) is 12.8 Å². The number of hydrogen-bond acceptors (Lipinski definition) is 9. The van der Waals surface area contributed by atoms with Crippen LogP contribution in [-0.2, 0) is 14.3 Å². The van der Waals surface area contributed by atoms with Crippen LogP contribution < -0.4 is 5.73 Å². The molecular formula is C14H33NO10. The zero-order valence-electron chi connectivity index (χ0n) is 14.4. The summed E-state index contributed by atoms with van der Waals surface area (Å²) in [5.74, 6) is -1.74. The molecule has 0 aliphatic carbocycles. The molecule has 0 aliphatic heterocycles. The van der Waals surface area contributed by atoms with Gasteiger partial charge in [-0.2, -0.15) is 0 Å². The first-order valence-corrected chi connectivity index (χ1v) is 7.63. The van der Waals surface area contributed by atoms with E-state index in [-0.39, 0.29) is 45.9 Å². The molecule has 0 fully saturated rings. The van der Waals surface area contributed by atoms with Gasteiger partial charge in [-0.3, -0.25) is 9.59 Å². The molecule has 0 aromatic rings. The van der Waals surface area contributed by atoms with Crippen molar-refractivity contribution in [3.05, 3.63) is 0 Å². The first kappa shape index (κ1) is 31.4. The monoisotopic (exact) mass is 375 g/mol. The fourth-order valence-electron chi connectivity index (χ4n) is 0.784. The lowest BCUT2D eigenvalue weighted by Gasteiger charge is -1.94. The van der Waals surface area contributed by atoms with E-state index >= 15 is 0 Å². The van der Waals surface area contributed by atoms with Gasteiger partial charge in [0.05, 0.1) is 46.2 Å². The maximum atomic E-state index is 9.90. The molecule has 154 valence electrons. The Kier molecular flexibility index (Phi) is 42.9. The quantitative estimate of drug-likeness (QED) is 0.178. The summed E-state index contributed by atoms with van der Waals surface area (Å²) in [4.78, 5) is 19.8. The van der Waals surface area contributed by atoms with Gasteiger partial charge in [0, 0.05) is 19.4 Å². The summed E-state index contributed by atoms with van der Waals surface area (Å²) in [6.45, 7) is 0.918. The number of aliphatic hydroxyl groups is 5. The van der Waals surface area contributed by atoms with Gasteiger partial charge < -0.3 is 46.2 Å². The van der Waals surface area contributed by atoms with Crippen LogP contribution in [0.3, 0.4) is 0 Å². The van der Waals surface area contributed by atoms with Crippen molar-refractivity contribution in [2.45, 2.75) is 25.7 Å². The number of carboxylic acids is 2. The Hall–Kier alpha value is -1.34. The molecule has 11 nitrogen and oxygen atoms in total. The zero-order chi connectivity index (χ0) is 20.3. The molecule has 9 N–H and O–H groups in total. The van der Waals surface area contributed by atoms with Crippen molar-refractivity contribution >= 4 is 11.9 Å². The summed E-state index contributed by atoms with van der Waals surface area (Å²) in [5, 5.41) is 55.4. The van der Waals surface area contributed by atoms with E-state index in [2.05, 4.69) is 4.74 Å². The molecule has 11 heteroatoms. The Bertz CT molecular complexity index is 226. The molecule has 0 aliphatic rings. The Balaban J connectivity index is -0.000000128. The van der Waals surface area contributed by atoms with Crippen LogP contribution in [0.15, 0.2) is 0 Å². The largest absolute Gasteiger partial charge is 0.481 e.